The SMILES string of the molecule is CC1C(O)COC1C(O)CO. The van der Waals surface area contributed by atoms with Crippen molar-refractivity contribution in [3.05, 3.63) is 0 Å². The van der Waals surface area contributed by atoms with Gasteiger partial charge in [-0.3, -0.25) is 0 Å². The first-order valence-electron chi connectivity index (χ1n) is 3.75. The molecule has 0 amide bonds. The van der Waals surface area contributed by atoms with Crippen LogP contribution < -0.4 is 0 Å². The molecule has 1 aliphatic heterocycles. The zero-order valence-corrected chi connectivity index (χ0v) is 6.47. The molecule has 0 bridgehead atoms. The molecule has 0 aromatic rings. The van der Waals surface area contributed by atoms with Crippen molar-refractivity contribution in [3.8, 4) is 0 Å². The molecule has 11 heavy (non-hydrogen) atoms. The van der Waals surface area contributed by atoms with E-state index in [1.165, 1.54) is 0 Å². The van der Waals surface area contributed by atoms with E-state index in [4.69, 9.17) is 14.9 Å². The topological polar surface area (TPSA) is 69.9 Å². The fourth-order valence-electron chi connectivity index (χ4n) is 1.30. The van der Waals surface area contributed by atoms with E-state index in [-0.39, 0.29) is 19.1 Å². The van der Waals surface area contributed by atoms with E-state index in [0.717, 1.165) is 0 Å². The smallest absolute Gasteiger partial charge is 0.103 e. The maximum Gasteiger partial charge on any atom is 0.103 e. The van der Waals surface area contributed by atoms with Crippen LogP contribution in [0.15, 0.2) is 0 Å². The predicted molar refractivity (Wildman–Crippen MR) is 38.0 cm³/mol. The Morgan fingerprint density at radius 1 is 1.64 bits per heavy atom. The van der Waals surface area contributed by atoms with Gasteiger partial charge in [0.2, 0.25) is 0 Å². The number of rotatable bonds is 2. The van der Waals surface area contributed by atoms with Gasteiger partial charge in [-0.2, -0.15) is 0 Å². The van der Waals surface area contributed by atoms with Crippen molar-refractivity contribution in [2.75, 3.05) is 13.2 Å². The van der Waals surface area contributed by atoms with E-state index in [1.54, 1.807) is 6.92 Å². The third-order valence-electron chi connectivity index (χ3n) is 2.15. The van der Waals surface area contributed by atoms with Crippen molar-refractivity contribution in [1.82, 2.24) is 0 Å². The first-order valence-corrected chi connectivity index (χ1v) is 3.75. The van der Waals surface area contributed by atoms with E-state index in [1.807, 2.05) is 0 Å². The second kappa shape index (κ2) is 3.49. The van der Waals surface area contributed by atoms with Crippen molar-refractivity contribution in [1.29, 1.82) is 0 Å². The zero-order chi connectivity index (χ0) is 8.43. The molecule has 4 atom stereocenters. The lowest BCUT2D eigenvalue weighted by Gasteiger charge is -2.19. The maximum atomic E-state index is 9.19. The van der Waals surface area contributed by atoms with Crippen LogP contribution in [0.3, 0.4) is 0 Å². The second-order valence-corrected chi connectivity index (χ2v) is 2.97. The summed E-state index contributed by atoms with van der Waals surface area (Å²) >= 11 is 0. The number of aliphatic hydroxyl groups excluding tert-OH is 3. The van der Waals surface area contributed by atoms with Gasteiger partial charge in [-0.25, -0.2) is 0 Å². The molecule has 0 spiro atoms. The van der Waals surface area contributed by atoms with Crippen LogP contribution in [-0.2, 0) is 4.74 Å². The predicted octanol–water partition coefficient (Wildman–Crippen LogP) is -1.26. The minimum Gasteiger partial charge on any atom is -0.394 e. The molecule has 1 fully saturated rings. The van der Waals surface area contributed by atoms with Crippen LogP contribution in [0.25, 0.3) is 0 Å². The summed E-state index contributed by atoms with van der Waals surface area (Å²) in [4.78, 5) is 0. The van der Waals surface area contributed by atoms with Gasteiger partial charge in [0.25, 0.3) is 0 Å². The van der Waals surface area contributed by atoms with Crippen molar-refractivity contribution in [2.45, 2.75) is 25.2 Å². The summed E-state index contributed by atoms with van der Waals surface area (Å²) in [6.45, 7) is 1.73. The minimum atomic E-state index is -0.873. The van der Waals surface area contributed by atoms with Gasteiger partial charge in [-0.1, -0.05) is 6.92 Å². The average molecular weight is 162 g/mol. The number of aliphatic hydroxyl groups is 3. The molecule has 1 heterocycles. The van der Waals surface area contributed by atoms with Crippen LogP contribution in [0.5, 0.6) is 0 Å². The lowest BCUT2D eigenvalue weighted by Crippen LogP contribution is -2.34. The van der Waals surface area contributed by atoms with E-state index < -0.39 is 18.3 Å². The van der Waals surface area contributed by atoms with Crippen LogP contribution >= 0.6 is 0 Å². The van der Waals surface area contributed by atoms with Crippen molar-refractivity contribution >= 4 is 0 Å². The van der Waals surface area contributed by atoms with E-state index in [0.29, 0.717) is 0 Å². The van der Waals surface area contributed by atoms with Crippen LogP contribution in [0.2, 0.25) is 0 Å². The standard InChI is InChI=1S/C7H14O4/c1-4-6(10)3-11-7(4)5(9)2-8/h4-10H,2-3H2,1H3. The van der Waals surface area contributed by atoms with Gasteiger partial charge in [0, 0.05) is 5.92 Å². The van der Waals surface area contributed by atoms with Gasteiger partial charge in [0.15, 0.2) is 0 Å². The highest BCUT2D eigenvalue weighted by Gasteiger charge is 2.36. The van der Waals surface area contributed by atoms with Crippen LogP contribution in [-0.4, -0.2) is 46.8 Å². The fraction of sp³-hybridized carbons (Fsp3) is 1.00. The molecule has 66 valence electrons. The van der Waals surface area contributed by atoms with Crippen LogP contribution in [0, 0.1) is 5.92 Å². The van der Waals surface area contributed by atoms with E-state index in [2.05, 4.69) is 0 Å². The molecular weight excluding hydrogens is 148 g/mol. The lowest BCUT2D eigenvalue weighted by atomic mass is 9.98. The molecule has 1 rings (SSSR count). The maximum absolute atomic E-state index is 9.19. The molecule has 0 aliphatic carbocycles. The Morgan fingerprint density at radius 2 is 2.27 bits per heavy atom. The molecule has 4 nitrogen and oxygen atoms in total. The fourth-order valence-corrected chi connectivity index (χ4v) is 1.30. The third kappa shape index (κ3) is 1.70. The summed E-state index contributed by atoms with van der Waals surface area (Å²) in [5.41, 5.74) is 0. The number of hydrogen-bond donors (Lipinski definition) is 3. The Hall–Kier alpha value is -0.160. The largest absolute Gasteiger partial charge is 0.394 e. The Morgan fingerprint density at radius 3 is 2.64 bits per heavy atom. The van der Waals surface area contributed by atoms with Crippen molar-refractivity contribution in [2.24, 2.45) is 5.92 Å². The van der Waals surface area contributed by atoms with E-state index >= 15 is 0 Å². The van der Waals surface area contributed by atoms with Gasteiger partial charge in [-0.05, 0) is 0 Å². The highest BCUT2D eigenvalue weighted by atomic mass is 16.5. The quantitative estimate of drug-likeness (QED) is 0.474. The third-order valence-corrected chi connectivity index (χ3v) is 2.15. The molecule has 0 aromatic carbocycles. The van der Waals surface area contributed by atoms with Crippen LogP contribution in [0.1, 0.15) is 6.92 Å². The second-order valence-electron chi connectivity index (χ2n) is 2.97. The van der Waals surface area contributed by atoms with Crippen molar-refractivity contribution < 1.29 is 20.1 Å². The molecular formula is C7H14O4. The summed E-state index contributed by atoms with van der Waals surface area (Å²) in [6.07, 6.45) is -1.81. The summed E-state index contributed by atoms with van der Waals surface area (Å²) < 4.78 is 5.07. The van der Waals surface area contributed by atoms with Crippen LogP contribution in [0.4, 0.5) is 0 Å². The molecule has 3 N–H and O–H groups in total. The van der Waals surface area contributed by atoms with Gasteiger partial charge >= 0.3 is 0 Å². The Kier molecular flexibility index (Phi) is 2.84. The minimum absolute atomic E-state index is 0.0999. The molecule has 0 saturated carbocycles. The Labute approximate surface area is 65.4 Å². The molecule has 4 heteroatoms. The zero-order valence-electron chi connectivity index (χ0n) is 6.47. The highest BCUT2D eigenvalue weighted by molar-refractivity contribution is 4.84. The molecule has 1 aliphatic rings. The highest BCUT2D eigenvalue weighted by Crippen LogP contribution is 2.23. The van der Waals surface area contributed by atoms with Gasteiger partial charge < -0.3 is 20.1 Å². The molecule has 0 radical (unpaired) electrons. The number of ether oxygens (including phenoxy) is 1. The first kappa shape index (κ1) is 8.93. The summed E-state index contributed by atoms with van der Waals surface area (Å²) in [6, 6.07) is 0. The molecule has 1 saturated heterocycles. The monoisotopic (exact) mass is 162 g/mol. The van der Waals surface area contributed by atoms with Gasteiger partial charge in [0.1, 0.15) is 6.10 Å². The van der Waals surface area contributed by atoms with Gasteiger partial charge in [-0.15, -0.1) is 0 Å². The number of hydrogen-bond acceptors (Lipinski definition) is 4. The lowest BCUT2D eigenvalue weighted by molar-refractivity contribution is -0.0411. The first-order chi connectivity index (χ1) is 5.16. The van der Waals surface area contributed by atoms with E-state index in [9.17, 15) is 5.11 Å². The van der Waals surface area contributed by atoms with Crippen molar-refractivity contribution in [3.63, 3.8) is 0 Å². The summed E-state index contributed by atoms with van der Waals surface area (Å²) in [7, 11) is 0. The normalized spacial score (nSPS) is 40.9. The summed E-state index contributed by atoms with van der Waals surface area (Å²) in [5.74, 6) is -0.0999. The Balaban J connectivity index is 2.47. The average Bonchev–Trinajstić information content (AvgIpc) is 2.32. The molecule has 4 unspecified atom stereocenters. The Bertz CT molecular complexity index is 128. The molecule has 0 aromatic heterocycles. The van der Waals surface area contributed by atoms with Gasteiger partial charge in [0.05, 0.1) is 25.4 Å². The summed E-state index contributed by atoms with van der Waals surface area (Å²) in [5, 5.41) is 26.9.